The van der Waals surface area contributed by atoms with Crippen LogP contribution in [-0.2, 0) is 10.2 Å². The zero-order chi connectivity index (χ0) is 19.7. The van der Waals surface area contributed by atoms with E-state index in [0.717, 1.165) is 32.4 Å². The molecule has 1 aliphatic carbocycles. The topological polar surface area (TPSA) is 62.6 Å². The molecule has 1 spiro atoms. The fourth-order valence-electron chi connectivity index (χ4n) is 4.98. The molecule has 0 saturated carbocycles. The van der Waals surface area contributed by atoms with E-state index < -0.39 is 0 Å². The van der Waals surface area contributed by atoms with Crippen LogP contribution in [0, 0.1) is 0 Å². The van der Waals surface area contributed by atoms with Crippen LogP contribution < -0.4 is 5.32 Å². The summed E-state index contributed by atoms with van der Waals surface area (Å²) in [5.41, 5.74) is 2.76. The minimum Gasteiger partial charge on any atom is -0.459 e. The van der Waals surface area contributed by atoms with Crippen molar-refractivity contribution in [3.8, 4) is 0 Å². The number of piperidine rings is 1. The van der Waals surface area contributed by atoms with Crippen molar-refractivity contribution in [2.24, 2.45) is 0 Å². The lowest BCUT2D eigenvalue weighted by atomic mass is 9.73. The van der Waals surface area contributed by atoms with E-state index in [1.54, 1.807) is 18.4 Å². The van der Waals surface area contributed by atoms with Gasteiger partial charge in [-0.15, -0.1) is 0 Å². The first kappa shape index (κ1) is 18.8. The van der Waals surface area contributed by atoms with Gasteiger partial charge in [-0.2, -0.15) is 0 Å². The van der Waals surface area contributed by atoms with Crippen LogP contribution in [-0.4, -0.2) is 35.8 Å². The molecule has 1 aromatic heterocycles. The van der Waals surface area contributed by atoms with E-state index in [4.69, 9.17) is 4.42 Å². The monoisotopic (exact) mass is 380 g/mol. The Bertz CT molecular complexity index is 848. The number of carbonyl (C=O) groups excluding carboxylic acids is 2. The Hall–Kier alpha value is -2.56. The lowest BCUT2D eigenvalue weighted by Gasteiger charge is -2.40. The molecule has 5 nitrogen and oxygen atoms in total. The normalized spacial score (nSPS) is 20.4. The van der Waals surface area contributed by atoms with Gasteiger partial charge in [-0.1, -0.05) is 24.3 Å². The van der Waals surface area contributed by atoms with Crippen LogP contribution in [0.3, 0.4) is 0 Å². The molecule has 2 aromatic rings. The second-order valence-electron chi connectivity index (χ2n) is 8.46. The Morgan fingerprint density at radius 3 is 2.61 bits per heavy atom. The van der Waals surface area contributed by atoms with Crippen LogP contribution in [0.25, 0.3) is 0 Å². The lowest BCUT2D eigenvalue weighted by molar-refractivity contribution is -0.122. The van der Waals surface area contributed by atoms with E-state index in [2.05, 4.69) is 29.6 Å². The minimum atomic E-state index is -0.0287. The molecule has 1 saturated heterocycles. The number of furan rings is 1. The molecule has 148 valence electrons. The number of hydrogen-bond donors (Lipinski definition) is 1. The second-order valence-corrected chi connectivity index (χ2v) is 8.46. The molecule has 5 heteroatoms. The number of likely N-dealkylation sites (tertiary alicyclic amines) is 1. The third-order valence-corrected chi connectivity index (χ3v) is 6.23. The van der Waals surface area contributed by atoms with Crippen molar-refractivity contribution in [1.29, 1.82) is 0 Å². The van der Waals surface area contributed by atoms with Crippen molar-refractivity contribution in [2.45, 2.75) is 56.9 Å². The van der Waals surface area contributed by atoms with Crippen molar-refractivity contribution in [3.05, 3.63) is 59.5 Å². The highest BCUT2D eigenvalue weighted by molar-refractivity contribution is 5.91. The number of carbonyl (C=O) groups is 2. The molecule has 2 amide bonds. The highest BCUT2D eigenvalue weighted by Crippen LogP contribution is 2.52. The largest absolute Gasteiger partial charge is 0.459 e. The van der Waals surface area contributed by atoms with Gasteiger partial charge in [0.05, 0.1) is 6.26 Å². The first-order chi connectivity index (χ1) is 13.5. The van der Waals surface area contributed by atoms with Gasteiger partial charge in [0, 0.05) is 25.6 Å². The fourth-order valence-corrected chi connectivity index (χ4v) is 4.98. The molecule has 1 fully saturated rings. The number of fused-ring (bicyclic) bond motifs is 2. The Kier molecular flexibility index (Phi) is 5.00. The molecule has 1 unspecified atom stereocenters. The van der Waals surface area contributed by atoms with E-state index >= 15 is 0 Å². The first-order valence-electron chi connectivity index (χ1n) is 10.2. The molecule has 1 atom stereocenters. The quantitative estimate of drug-likeness (QED) is 0.876. The summed E-state index contributed by atoms with van der Waals surface area (Å²) in [6.07, 6.45) is 4.92. The standard InChI is InChI=1S/C23H28N2O3/c1-16(2)24-21(26)14-17-15-23(19-7-4-3-6-18(17)19)9-11-25(12-10-23)22(27)20-8-5-13-28-20/h3-8,13,16-17H,9-12,14-15H2,1-2H3,(H,24,26). The molecule has 0 bridgehead atoms. The van der Waals surface area contributed by atoms with Gasteiger partial charge in [-0.25, -0.2) is 0 Å². The number of nitrogens with zero attached hydrogens (tertiary/aromatic N) is 1. The van der Waals surface area contributed by atoms with Crippen LogP contribution in [0.15, 0.2) is 47.1 Å². The zero-order valence-corrected chi connectivity index (χ0v) is 16.6. The summed E-state index contributed by atoms with van der Waals surface area (Å²) in [6, 6.07) is 12.2. The maximum absolute atomic E-state index is 12.6. The summed E-state index contributed by atoms with van der Waals surface area (Å²) in [5.74, 6) is 0.754. The Morgan fingerprint density at radius 2 is 1.93 bits per heavy atom. The van der Waals surface area contributed by atoms with E-state index in [1.807, 2.05) is 18.7 Å². The van der Waals surface area contributed by atoms with Crippen molar-refractivity contribution >= 4 is 11.8 Å². The lowest BCUT2D eigenvalue weighted by Crippen LogP contribution is -2.44. The maximum atomic E-state index is 12.6. The third-order valence-electron chi connectivity index (χ3n) is 6.23. The number of rotatable bonds is 4. The molecule has 2 heterocycles. The van der Waals surface area contributed by atoms with E-state index in [0.29, 0.717) is 12.2 Å². The smallest absolute Gasteiger partial charge is 0.289 e. The van der Waals surface area contributed by atoms with E-state index in [-0.39, 0.29) is 29.2 Å². The molecule has 28 heavy (non-hydrogen) atoms. The number of nitrogens with one attached hydrogen (secondary N) is 1. The van der Waals surface area contributed by atoms with Gasteiger partial charge in [0.25, 0.3) is 5.91 Å². The number of amides is 2. The summed E-state index contributed by atoms with van der Waals surface area (Å²) < 4.78 is 5.28. The molecular formula is C23H28N2O3. The molecule has 2 aliphatic rings. The Balaban J connectivity index is 1.49. The molecular weight excluding hydrogens is 352 g/mol. The average Bonchev–Trinajstić information content (AvgIpc) is 3.30. The molecule has 1 aromatic carbocycles. The van der Waals surface area contributed by atoms with Crippen LogP contribution in [0.2, 0.25) is 0 Å². The van der Waals surface area contributed by atoms with Crippen LogP contribution in [0.1, 0.15) is 67.1 Å². The van der Waals surface area contributed by atoms with Gasteiger partial charge >= 0.3 is 0 Å². The van der Waals surface area contributed by atoms with Gasteiger partial charge in [-0.05, 0) is 67.7 Å². The molecule has 4 rings (SSSR count). The highest BCUT2D eigenvalue weighted by Gasteiger charge is 2.46. The summed E-state index contributed by atoms with van der Waals surface area (Å²) in [6.45, 7) is 5.43. The summed E-state index contributed by atoms with van der Waals surface area (Å²) >= 11 is 0. The van der Waals surface area contributed by atoms with Crippen molar-refractivity contribution in [3.63, 3.8) is 0 Å². The molecule has 1 N–H and O–H groups in total. The van der Waals surface area contributed by atoms with Crippen LogP contribution in [0.5, 0.6) is 0 Å². The van der Waals surface area contributed by atoms with Crippen molar-refractivity contribution < 1.29 is 14.0 Å². The first-order valence-corrected chi connectivity index (χ1v) is 10.2. The van der Waals surface area contributed by atoms with Gasteiger partial charge < -0.3 is 14.6 Å². The highest BCUT2D eigenvalue weighted by atomic mass is 16.3. The predicted molar refractivity (Wildman–Crippen MR) is 107 cm³/mol. The fraction of sp³-hybridized carbons (Fsp3) is 0.478. The average molecular weight is 380 g/mol. The SMILES string of the molecule is CC(C)NC(=O)CC1CC2(CCN(C(=O)c3ccco3)CC2)c2ccccc21. The van der Waals surface area contributed by atoms with E-state index in [1.165, 1.54) is 11.1 Å². The van der Waals surface area contributed by atoms with Crippen molar-refractivity contribution in [1.82, 2.24) is 10.2 Å². The summed E-state index contributed by atoms with van der Waals surface area (Å²) in [7, 11) is 0. The van der Waals surface area contributed by atoms with Crippen LogP contribution in [0.4, 0.5) is 0 Å². The van der Waals surface area contributed by atoms with Gasteiger partial charge in [0.2, 0.25) is 5.91 Å². The van der Waals surface area contributed by atoms with Crippen molar-refractivity contribution in [2.75, 3.05) is 13.1 Å². The Morgan fingerprint density at radius 1 is 1.18 bits per heavy atom. The molecule has 0 radical (unpaired) electrons. The zero-order valence-electron chi connectivity index (χ0n) is 16.6. The maximum Gasteiger partial charge on any atom is 0.289 e. The van der Waals surface area contributed by atoms with E-state index in [9.17, 15) is 9.59 Å². The summed E-state index contributed by atoms with van der Waals surface area (Å²) in [5, 5.41) is 3.03. The Labute approximate surface area is 166 Å². The van der Waals surface area contributed by atoms with Gasteiger partial charge in [-0.3, -0.25) is 9.59 Å². The molecule has 1 aliphatic heterocycles. The van der Waals surface area contributed by atoms with Crippen LogP contribution >= 0.6 is 0 Å². The predicted octanol–water partition coefficient (Wildman–Crippen LogP) is 3.86. The number of hydrogen-bond acceptors (Lipinski definition) is 3. The van der Waals surface area contributed by atoms with Gasteiger partial charge in [0.1, 0.15) is 0 Å². The third kappa shape index (κ3) is 3.46. The summed E-state index contributed by atoms with van der Waals surface area (Å²) in [4.78, 5) is 26.9. The van der Waals surface area contributed by atoms with Gasteiger partial charge in [0.15, 0.2) is 5.76 Å². The number of benzene rings is 1. The second kappa shape index (κ2) is 7.46. The minimum absolute atomic E-state index is 0.0287.